The second-order valence-corrected chi connectivity index (χ2v) is 24.1. The number of carbonyl (C=O) groups is 2. The number of carbonyl (C=O) groups excluding carboxylic acids is 2. The molecule has 0 unspecified atom stereocenters. The minimum Gasteiger partial charge on any atom is -0.502 e. The van der Waals surface area contributed by atoms with Crippen molar-refractivity contribution in [3.63, 3.8) is 0 Å². The average molecular weight is 1070 g/mol. The largest absolute Gasteiger partial charge is 0.502 e. The van der Waals surface area contributed by atoms with Gasteiger partial charge in [0.25, 0.3) is 11.8 Å². The number of rotatable bonds is 16. The van der Waals surface area contributed by atoms with E-state index in [-0.39, 0.29) is 85.9 Å². The van der Waals surface area contributed by atoms with Gasteiger partial charge in [-0.25, -0.2) is 0 Å². The topological polar surface area (TPSA) is 209 Å². The number of hydrogen-bond donors (Lipinski definition) is 7. The predicted molar refractivity (Wildman–Crippen MR) is 291 cm³/mol. The lowest BCUT2D eigenvalue weighted by Gasteiger charge is -2.69. The van der Waals surface area contributed by atoms with E-state index in [1.165, 1.54) is 30.4 Å². The lowest BCUT2D eigenvalue weighted by Crippen LogP contribution is -2.69. The summed E-state index contributed by atoms with van der Waals surface area (Å²) in [6.07, 6.45) is 11.7. The van der Waals surface area contributed by atoms with Crippen LogP contribution in [0.25, 0.3) is 11.1 Å². The Morgan fingerprint density at radius 1 is 0.846 bits per heavy atom. The summed E-state index contributed by atoms with van der Waals surface area (Å²) in [5, 5.41) is 65.6. The van der Waals surface area contributed by atoms with Gasteiger partial charge in [-0.1, -0.05) is 50.5 Å². The van der Waals surface area contributed by atoms with E-state index < -0.39 is 35.1 Å². The van der Waals surface area contributed by atoms with Crippen LogP contribution in [0.3, 0.4) is 0 Å². The van der Waals surface area contributed by atoms with Crippen molar-refractivity contribution in [2.45, 2.75) is 126 Å². The number of aliphatic hydroxyl groups is 4. The maximum absolute atomic E-state index is 14.1. The van der Waals surface area contributed by atoms with Crippen LogP contribution in [0.15, 0.2) is 60.7 Å². The fraction of sp³-hybridized carbons (Fsp3) is 0.556. The van der Waals surface area contributed by atoms with Gasteiger partial charge < -0.3 is 54.5 Å². The van der Waals surface area contributed by atoms with Crippen LogP contribution in [0.2, 0.25) is 0 Å². The Morgan fingerprint density at radius 3 is 2.37 bits per heavy atom. The number of aromatic hydroxyl groups is 1. The Bertz CT molecular complexity index is 3040. The monoisotopic (exact) mass is 1070 g/mol. The minimum absolute atomic E-state index is 0.0362. The molecule has 4 aromatic rings. The number of anilines is 1. The number of imide groups is 1. The van der Waals surface area contributed by atoms with Crippen molar-refractivity contribution in [2.75, 3.05) is 59.2 Å². The Labute approximate surface area is 456 Å². The highest BCUT2D eigenvalue weighted by molar-refractivity contribution is 6.13. The minimum atomic E-state index is -1.07. The zero-order valence-corrected chi connectivity index (χ0v) is 45.1. The molecule has 4 saturated carbocycles. The number of fused-ring (bicyclic) bond motifs is 6. The van der Waals surface area contributed by atoms with E-state index in [1.54, 1.807) is 24.1 Å². The summed E-state index contributed by atoms with van der Waals surface area (Å²) in [6.45, 7) is 3.02. The maximum Gasteiger partial charge on any atom is 0.254 e. The number of nitrogens with one attached hydrogen (secondary N) is 2. The van der Waals surface area contributed by atoms with E-state index in [0.717, 1.165) is 86.5 Å². The van der Waals surface area contributed by atoms with Crippen molar-refractivity contribution in [1.29, 1.82) is 0 Å². The van der Waals surface area contributed by atoms with Crippen LogP contribution >= 0.6 is 0 Å². The maximum atomic E-state index is 14.1. The molecule has 13 rings (SSSR count). The van der Waals surface area contributed by atoms with E-state index in [1.807, 2.05) is 19.1 Å². The van der Waals surface area contributed by atoms with Gasteiger partial charge in [0.1, 0.15) is 24.0 Å². The highest BCUT2D eigenvalue weighted by atomic mass is 16.5. The van der Waals surface area contributed by atoms with Crippen molar-refractivity contribution >= 4 is 17.5 Å². The number of benzene rings is 4. The molecule has 4 aromatic carbocycles. The van der Waals surface area contributed by atoms with Crippen LogP contribution in [0.1, 0.15) is 141 Å². The number of phenolic OH excluding ortho intramolecular Hbond substituents is 1. The third-order valence-corrected chi connectivity index (χ3v) is 21.1. The number of hydrogen-bond acceptors (Lipinski definition) is 14. The van der Waals surface area contributed by atoms with Gasteiger partial charge in [0.05, 0.1) is 51.2 Å². The Kier molecular flexibility index (Phi) is 13.3. The third kappa shape index (κ3) is 7.67. The van der Waals surface area contributed by atoms with Crippen LogP contribution in [0.4, 0.5) is 5.69 Å². The first kappa shape index (κ1) is 51.6. The summed E-state index contributed by atoms with van der Waals surface area (Å²) < 4.78 is 31.6. The van der Waals surface area contributed by atoms with E-state index in [9.17, 15) is 35.1 Å². The second kappa shape index (κ2) is 20.1. The van der Waals surface area contributed by atoms with E-state index >= 15 is 0 Å². The molecule has 414 valence electrons. The molecule has 15 heteroatoms. The molecule has 3 aliphatic heterocycles. The number of methoxy groups -OCH3 is 2. The molecule has 3 heterocycles. The van der Waals surface area contributed by atoms with Gasteiger partial charge in [-0.15, -0.1) is 0 Å². The highest BCUT2D eigenvalue weighted by Gasteiger charge is 2.68. The molecule has 2 amide bonds. The molecule has 12 atom stereocenters. The van der Waals surface area contributed by atoms with E-state index in [4.69, 9.17) is 23.7 Å². The first-order valence-electron chi connectivity index (χ1n) is 28.9. The fourth-order valence-electron chi connectivity index (χ4n) is 18.1. The Morgan fingerprint density at radius 2 is 1.62 bits per heavy atom. The molecule has 78 heavy (non-hydrogen) atoms. The van der Waals surface area contributed by atoms with E-state index in [2.05, 4.69) is 34.9 Å². The van der Waals surface area contributed by atoms with Crippen molar-refractivity contribution in [1.82, 2.24) is 10.2 Å². The van der Waals surface area contributed by atoms with Crippen LogP contribution in [0.5, 0.6) is 34.5 Å². The predicted octanol–water partition coefficient (Wildman–Crippen LogP) is 8.47. The molecule has 0 aromatic heterocycles. The molecule has 2 bridgehead atoms. The van der Waals surface area contributed by atoms with E-state index in [0.29, 0.717) is 83.2 Å². The Balaban J connectivity index is 0.879. The Hall–Kier alpha value is -5.84. The van der Waals surface area contributed by atoms with Crippen LogP contribution in [0, 0.1) is 41.4 Å². The first-order valence-corrected chi connectivity index (χ1v) is 28.9. The van der Waals surface area contributed by atoms with Gasteiger partial charge in [0.2, 0.25) is 5.75 Å². The van der Waals surface area contributed by atoms with Gasteiger partial charge in [0, 0.05) is 76.1 Å². The van der Waals surface area contributed by atoms with Gasteiger partial charge in [0.15, 0.2) is 17.7 Å². The quantitative estimate of drug-likeness (QED) is 0.0319. The van der Waals surface area contributed by atoms with Crippen molar-refractivity contribution < 1.29 is 58.8 Å². The third-order valence-electron chi connectivity index (χ3n) is 21.1. The zero-order valence-electron chi connectivity index (χ0n) is 45.1. The molecule has 15 nitrogen and oxygen atoms in total. The number of aliphatic hydroxyl groups excluding tert-OH is 4. The van der Waals surface area contributed by atoms with Gasteiger partial charge in [-0.2, -0.15) is 0 Å². The molecule has 9 aliphatic rings. The first-order chi connectivity index (χ1) is 38.0. The molecule has 7 N–H and O–H groups in total. The summed E-state index contributed by atoms with van der Waals surface area (Å²) in [5.74, 6) is 1.94. The second-order valence-electron chi connectivity index (χ2n) is 24.1. The lowest BCUT2D eigenvalue weighted by atomic mass is 9.36. The molecule has 6 aliphatic carbocycles. The molecule has 0 radical (unpaired) electrons. The SMILES string of the molecule is CCNCOc1cc(OC)c2c3c1[C@@H](O)Nc1cc4c(c(c1-3)CC2)[C@@H](O)[C@H](c1cc(OC)c(O)c(OC[C@H](CO)[C@@]23C[C@@H](C5(N6C(=O)C=CC6=O)CCCCC5)[C@@H]5CC[C@@H](CCO)[C@@H]6C[C@@H](C[C@H]2[C@H]56)c2ccccc23)c1)CO4. The summed E-state index contributed by atoms with van der Waals surface area (Å²) in [4.78, 5) is 29.8. The summed E-state index contributed by atoms with van der Waals surface area (Å²) >= 11 is 0. The van der Waals surface area contributed by atoms with Gasteiger partial charge in [-0.3, -0.25) is 19.8 Å². The smallest absolute Gasteiger partial charge is 0.254 e. The van der Waals surface area contributed by atoms with Crippen LogP contribution in [-0.4, -0.2) is 102 Å². The number of amides is 2. The van der Waals surface area contributed by atoms with Crippen molar-refractivity contribution in [3.8, 4) is 45.6 Å². The summed E-state index contributed by atoms with van der Waals surface area (Å²) in [7, 11) is 3.13. The summed E-state index contributed by atoms with van der Waals surface area (Å²) in [5.41, 5.74) is 7.37. The fourth-order valence-corrected chi connectivity index (χ4v) is 18.1. The zero-order chi connectivity index (χ0) is 53.8. The molecular weight excluding hydrogens is 991 g/mol. The number of nitrogens with zero attached hydrogens (tertiary/aromatic N) is 1. The molecule has 4 fully saturated rings. The summed E-state index contributed by atoms with van der Waals surface area (Å²) in [6, 6.07) is 16.0. The standard InChI is InChI=1S/C63H75N3O12/c1-4-64-32-78-49-27-47(74-2)39-14-15-40-55-46(65-61(73)58(49)57(39)55)26-48-56(40)59(71)42(31-77-48)35-24-50(75-3)60(72)51(25-35)76-30-36(29-68)63-28-45(62(19-8-5-9-20-62)66-52(69)16-17-53(66)70)38-13-12-33(18-21-67)41-22-34(23-44(63)54(38)41)37-10-6-7-11-43(37)63/h6-7,10-11,16-17,24-27,33-34,36,38,41-42,44-45,54,59,61,64-65,67-68,71-73H,4-5,8-9,12-15,18-23,28-32H2,1-3H3/t33-,34-,36-,38-,41-,42-,44-,45+,54+,59-,61+,63+/m0/s1. The highest BCUT2D eigenvalue weighted by Crippen LogP contribution is 2.72. The van der Waals surface area contributed by atoms with Crippen LogP contribution in [-0.2, 0) is 27.8 Å². The average Bonchev–Trinajstić information content (AvgIpc) is 2.17. The van der Waals surface area contributed by atoms with Crippen LogP contribution < -0.4 is 34.3 Å². The van der Waals surface area contributed by atoms with Crippen molar-refractivity contribution in [2.24, 2.45) is 41.4 Å². The number of ether oxygens (including phenoxy) is 5. The van der Waals surface area contributed by atoms with Gasteiger partial charge in [-0.05, 0) is 147 Å². The molecular formula is C63H75N3O12. The molecule has 0 saturated heterocycles. The normalized spacial score (nSPS) is 30.8. The number of phenols is 1. The van der Waals surface area contributed by atoms with Gasteiger partial charge >= 0.3 is 0 Å². The molecule has 0 spiro atoms. The van der Waals surface area contributed by atoms with Crippen molar-refractivity contribution in [3.05, 3.63) is 99.6 Å². The lowest BCUT2D eigenvalue weighted by molar-refractivity contribution is -0.178.